The smallest absolute Gasteiger partial charge is 0.329 e. The molecule has 0 radical (unpaired) electrons. The van der Waals surface area contributed by atoms with Crippen molar-refractivity contribution in [3.8, 4) is 0 Å². The zero-order chi connectivity index (χ0) is 19.6. The highest BCUT2D eigenvalue weighted by atomic mass is 35.5. The molecule has 1 fully saturated rings. The van der Waals surface area contributed by atoms with E-state index in [9.17, 15) is 14.4 Å². The Morgan fingerprint density at radius 3 is 2.48 bits per heavy atom. The molecule has 1 aromatic rings. The van der Waals surface area contributed by atoms with E-state index < -0.39 is 12.0 Å². The van der Waals surface area contributed by atoms with Crippen molar-refractivity contribution >= 4 is 41.1 Å². The number of piperidine rings is 1. The molecular formula is C19H25ClN2O4S. The highest BCUT2D eigenvalue weighted by molar-refractivity contribution is 7.98. The fraction of sp³-hybridized carbons (Fsp3) is 0.526. The maximum absolute atomic E-state index is 12.4. The molecule has 1 atom stereocenters. The van der Waals surface area contributed by atoms with Crippen molar-refractivity contribution in [2.45, 2.75) is 31.7 Å². The quantitative estimate of drug-likeness (QED) is 0.664. The topological polar surface area (TPSA) is 75.7 Å². The number of hydrogen-bond acceptors (Lipinski definition) is 5. The van der Waals surface area contributed by atoms with Crippen molar-refractivity contribution in [2.24, 2.45) is 0 Å². The molecule has 1 aromatic carbocycles. The third-order valence-electron chi connectivity index (χ3n) is 4.35. The molecule has 1 heterocycles. The predicted octanol–water partition coefficient (Wildman–Crippen LogP) is 2.75. The SMILES string of the molecule is CSCC[C@@H](NC(=O)c1ccc(Cl)cc1)C(=O)OCC(=O)N1CCCCC1. The summed E-state index contributed by atoms with van der Waals surface area (Å²) in [5.41, 5.74) is 0.408. The highest BCUT2D eigenvalue weighted by Gasteiger charge is 2.25. The molecule has 2 rings (SSSR count). The van der Waals surface area contributed by atoms with Gasteiger partial charge in [0.1, 0.15) is 6.04 Å². The Bertz CT molecular complexity index is 648. The Labute approximate surface area is 169 Å². The van der Waals surface area contributed by atoms with Gasteiger partial charge in [0.15, 0.2) is 6.61 Å². The molecule has 0 bridgehead atoms. The van der Waals surface area contributed by atoms with Crippen LogP contribution in [0.25, 0.3) is 0 Å². The van der Waals surface area contributed by atoms with Crippen LogP contribution in [-0.2, 0) is 14.3 Å². The Morgan fingerprint density at radius 2 is 1.85 bits per heavy atom. The Balaban J connectivity index is 1.90. The van der Waals surface area contributed by atoms with E-state index in [0.717, 1.165) is 19.3 Å². The normalized spacial score (nSPS) is 15.1. The average Bonchev–Trinajstić information content (AvgIpc) is 2.70. The number of amides is 2. The Hall–Kier alpha value is -1.73. The molecule has 0 spiro atoms. The van der Waals surface area contributed by atoms with Crippen LogP contribution in [-0.4, -0.2) is 60.4 Å². The van der Waals surface area contributed by atoms with Gasteiger partial charge in [0.25, 0.3) is 11.8 Å². The number of carbonyl (C=O) groups is 3. The lowest BCUT2D eigenvalue weighted by atomic mass is 10.1. The van der Waals surface area contributed by atoms with E-state index in [4.69, 9.17) is 16.3 Å². The maximum Gasteiger partial charge on any atom is 0.329 e. The lowest BCUT2D eigenvalue weighted by Crippen LogP contribution is -2.44. The average molecular weight is 413 g/mol. The van der Waals surface area contributed by atoms with Gasteiger partial charge in [-0.1, -0.05) is 11.6 Å². The zero-order valence-electron chi connectivity index (χ0n) is 15.4. The fourth-order valence-corrected chi connectivity index (χ4v) is 3.39. The maximum atomic E-state index is 12.4. The second-order valence-corrected chi connectivity index (χ2v) is 7.79. The van der Waals surface area contributed by atoms with E-state index in [0.29, 0.717) is 35.8 Å². The summed E-state index contributed by atoms with van der Waals surface area (Å²) in [6.07, 6.45) is 5.43. The largest absolute Gasteiger partial charge is 0.454 e. The first-order chi connectivity index (χ1) is 13.0. The number of nitrogens with zero attached hydrogens (tertiary/aromatic N) is 1. The van der Waals surface area contributed by atoms with Crippen LogP contribution in [0.5, 0.6) is 0 Å². The van der Waals surface area contributed by atoms with E-state index in [1.54, 1.807) is 40.9 Å². The van der Waals surface area contributed by atoms with Gasteiger partial charge < -0.3 is 15.0 Å². The van der Waals surface area contributed by atoms with E-state index in [1.165, 1.54) is 0 Å². The second-order valence-electron chi connectivity index (χ2n) is 6.36. The number of rotatable bonds is 8. The molecule has 1 aliphatic rings. The number of thioether (sulfide) groups is 1. The van der Waals surface area contributed by atoms with Gasteiger partial charge in [-0.2, -0.15) is 11.8 Å². The van der Waals surface area contributed by atoms with Gasteiger partial charge >= 0.3 is 5.97 Å². The summed E-state index contributed by atoms with van der Waals surface area (Å²) >= 11 is 7.40. The molecule has 0 saturated carbocycles. The molecule has 1 saturated heterocycles. The third kappa shape index (κ3) is 7.07. The number of ether oxygens (including phenoxy) is 1. The lowest BCUT2D eigenvalue weighted by Gasteiger charge is -2.26. The van der Waals surface area contributed by atoms with E-state index in [1.807, 2.05) is 6.26 Å². The van der Waals surface area contributed by atoms with E-state index in [-0.39, 0.29) is 18.4 Å². The highest BCUT2D eigenvalue weighted by Crippen LogP contribution is 2.11. The summed E-state index contributed by atoms with van der Waals surface area (Å²) in [5.74, 6) is -0.467. The molecule has 8 heteroatoms. The first-order valence-electron chi connectivity index (χ1n) is 9.01. The first kappa shape index (κ1) is 21.6. The van der Waals surface area contributed by atoms with Crippen LogP contribution in [0.1, 0.15) is 36.0 Å². The number of likely N-dealkylation sites (tertiary alicyclic amines) is 1. The van der Waals surface area contributed by atoms with Gasteiger partial charge in [0, 0.05) is 23.7 Å². The van der Waals surface area contributed by atoms with Crippen LogP contribution in [0.4, 0.5) is 0 Å². The minimum absolute atomic E-state index is 0.185. The van der Waals surface area contributed by atoms with Gasteiger partial charge in [-0.3, -0.25) is 9.59 Å². The fourth-order valence-electron chi connectivity index (χ4n) is 2.80. The monoisotopic (exact) mass is 412 g/mol. The molecule has 0 unspecified atom stereocenters. The van der Waals surface area contributed by atoms with Crippen LogP contribution in [0.3, 0.4) is 0 Å². The number of halogens is 1. The lowest BCUT2D eigenvalue weighted by molar-refractivity contribution is -0.154. The Morgan fingerprint density at radius 1 is 1.19 bits per heavy atom. The minimum atomic E-state index is -0.796. The zero-order valence-corrected chi connectivity index (χ0v) is 17.0. The molecule has 1 N–H and O–H groups in total. The van der Waals surface area contributed by atoms with Gasteiger partial charge in [-0.25, -0.2) is 4.79 Å². The molecule has 0 aliphatic carbocycles. The summed E-state index contributed by atoms with van der Waals surface area (Å²) < 4.78 is 5.20. The van der Waals surface area contributed by atoms with E-state index in [2.05, 4.69) is 5.32 Å². The van der Waals surface area contributed by atoms with Crippen LogP contribution < -0.4 is 5.32 Å². The number of benzene rings is 1. The summed E-state index contributed by atoms with van der Waals surface area (Å²) in [7, 11) is 0. The van der Waals surface area contributed by atoms with Crippen molar-refractivity contribution in [1.82, 2.24) is 10.2 Å². The summed E-state index contributed by atoms with van der Waals surface area (Å²) in [4.78, 5) is 38.7. The standard InChI is InChI=1S/C19H25ClN2O4S/c1-27-12-9-16(21-18(24)14-5-7-15(20)8-6-14)19(25)26-13-17(23)22-10-3-2-4-11-22/h5-8,16H,2-4,9-13H2,1H3,(H,21,24)/t16-/m1/s1. The molecule has 27 heavy (non-hydrogen) atoms. The number of esters is 1. The summed E-state index contributed by atoms with van der Waals surface area (Å²) in [6, 6.07) is 5.62. The molecule has 2 amide bonds. The number of nitrogens with one attached hydrogen (secondary N) is 1. The molecular weight excluding hydrogens is 388 g/mol. The van der Waals surface area contributed by atoms with Crippen LogP contribution in [0.2, 0.25) is 5.02 Å². The molecule has 0 aromatic heterocycles. The summed E-state index contributed by atoms with van der Waals surface area (Å²) in [5, 5.41) is 3.22. The predicted molar refractivity (Wildman–Crippen MR) is 107 cm³/mol. The van der Waals surface area contributed by atoms with E-state index >= 15 is 0 Å². The second kappa shape index (κ2) is 11.2. The van der Waals surface area contributed by atoms with Crippen LogP contribution >= 0.6 is 23.4 Å². The third-order valence-corrected chi connectivity index (χ3v) is 5.25. The Kier molecular flexibility index (Phi) is 8.94. The van der Waals surface area contributed by atoms with Crippen molar-refractivity contribution in [3.63, 3.8) is 0 Å². The van der Waals surface area contributed by atoms with Crippen molar-refractivity contribution in [3.05, 3.63) is 34.9 Å². The molecule has 6 nitrogen and oxygen atoms in total. The first-order valence-corrected chi connectivity index (χ1v) is 10.8. The number of carbonyl (C=O) groups excluding carboxylic acids is 3. The number of hydrogen-bond donors (Lipinski definition) is 1. The van der Waals surface area contributed by atoms with Gasteiger partial charge in [0.05, 0.1) is 0 Å². The van der Waals surface area contributed by atoms with Gasteiger partial charge in [-0.05, 0) is 62.0 Å². The molecule has 1 aliphatic heterocycles. The van der Waals surface area contributed by atoms with Gasteiger partial charge in [0.2, 0.25) is 0 Å². The van der Waals surface area contributed by atoms with Crippen molar-refractivity contribution in [1.29, 1.82) is 0 Å². The van der Waals surface area contributed by atoms with Crippen LogP contribution in [0.15, 0.2) is 24.3 Å². The van der Waals surface area contributed by atoms with Crippen molar-refractivity contribution < 1.29 is 19.1 Å². The van der Waals surface area contributed by atoms with Crippen LogP contribution in [0, 0.1) is 0 Å². The van der Waals surface area contributed by atoms with Gasteiger partial charge in [-0.15, -0.1) is 0 Å². The molecule has 148 valence electrons. The minimum Gasteiger partial charge on any atom is -0.454 e. The summed E-state index contributed by atoms with van der Waals surface area (Å²) in [6.45, 7) is 1.13. The van der Waals surface area contributed by atoms with Crippen molar-refractivity contribution in [2.75, 3.05) is 31.7 Å².